The number of rotatable bonds is 14. The first-order valence-corrected chi connectivity index (χ1v) is 12.5. The second kappa shape index (κ2) is 16.1. The second-order valence-electron chi connectivity index (χ2n) is 8.31. The summed E-state index contributed by atoms with van der Waals surface area (Å²) < 4.78 is 10.2. The van der Waals surface area contributed by atoms with Crippen LogP contribution in [0.2, 0.25) is 0 Å². The highest BCUT2D eigenvalue weighted by atomic mass is 17.2. The first kappa shape index (κ1) is 28.6. The Balaban J connectivity index is 2.11. The Hall–Kier alpha value is -3.68. The van der Waals surface area contributed by atoms with Crippen LogP contribution in [-0.4, -0.2) is 30.5 Å². The molecule has 0 saturated carbocycles. The topological polar surface area (TPSA) is 105 Å². The number of carbonyl (C=O) groups is 4. The summed E-state index contributed by atoms with van der Waals surface area (Å²) in [5.41, 5.74) is 0.207. The lowest BCUT2D eigenvalue weighted by atomic mass is 10.0. The summed E-state index contributed by atoms with van der Waals surface area (Å²) >= 11 is 0. The molecule has 8 heteroatoms. The van der Waals surface area contributed by atoms with Gasteiger partial charge in [0.15, 0.2) is 5.78 Å². The van der Waals surface area contributed by atoms with Crippen LogP contribution in [0, 0.1) is 0 Å². The van der Waals surface area contributed by atoms with E-state index in [9.17, 15) is 19.2 Å². The van der Waals surface area contributed by atoms with Crippen LogP contribution in [-0.2, 0) is 14.5 Å². The molecular weight excluding hydrogens is 464 g/mol. The first-order chi connectivity index (χ1) is 17.5. The van der Waals surface area contributed by atoms with Crippen molar-refractivity contribution >= 4 is 23.9 Å². The molecule has 8 nitrogen and oxygen atoms in total. The summed E-state index contributed by atoms with van der Waals surface area (Å²) in [5, 5.41) is 0. The maximum atomic E-state index is 12.7. The minimum Gasteiger partial charge on any atom is -0.434 e. The smallest absolute Gasteiger partial charge is 0.434 e. The van der Waals surface area contributed by atoms with Gasteiger partial charge in [0.05, 0.1) is 12.2 Å². The van der Waals surface area contributed by atoms with Crippen molar-refractivity contribution in [1.82, 2.24) is 0 Å². The zero-order valence-electron chi connectivity index (χ0n) is 21.0. The van der Waals surface area contributed by atoms with E-state index in [0.29, 0.717) is 12.8 Å². The van der Waals surface area contributed by atoms with E-state index in [1.54, 1.807) is 18.2 Å². The zero-order chi connectivity index (χ0) is 26.2. The van der Waals surface area contributed by atoms with Gasteiger partial charge in [0.25, 0.3) is 0 Å². The van der Waals surface area contributed by atoms with Crippen molar-refractivity contribution in [1.29, 1.82) is 0 Å². The summed E-state index contributed by atoms with van der Waals surface area (Å²) in [6, 6.07) is 12.1. The summed E-state index contributed by atoms with van der Waals surface area (Å²) in [7, 11) is 0. The van der Waals surface area contributed by atoms with Gasteiger partial charge < -0.3 is 9.47 Å². The number of ketones is 1. The lowest BCUT2D eigenvalue weighted by Crippen LogP contribution is -2.17. The third kappa shape index (κ3) is 9.90. The van der Waals surface area contributed by atoms with Crippen LogP contribution < -0.4 is 4.74 Å². The molecule has 0 heterocycles. The van der Waals surface area contributed by atoms with E-state index >= 15 is 0 Å². The molecule has 0 aromatic heterocycles. The van der Waals surface area contributed by atoms with Crippen molar-refractivity contribution < 1.29 is 38.4 Å². The molecule has 36 heavy (non-hydrogen) atoms. The van der Waals surface area contributed by atoms with Crippen molar-refractivity contribution in [3.63, 3.8) is 0 Å². The van der Waals surface area contributed by atoms with E-state index in [0.717, 1.165) is 44.9 Å². The molecule has 0 radical (unpaired) electrons. The van der Waals surface area contributed by atoms with Gasteiger partial charge in [-0.3, -0.25) is 4.79 Å². The lowest BCUT2D eigenvalue weighted by Gasteiger charge is -2.11. The first-order valence-electron chi connectivity index (χ1n) is 12.5. The van der Waals surface area contributed by atoms with Crippen LogP contribution in [0.5, 0.6) is 5.75 Å². The van der Waals surface area contributed by atoms with E-state index in [4.69, 9.17) is 14.4 Å². The average Bonchev–Trinajstić information content (AvgIpc) is 2.90. The number of hydrogen-bond donors (Lipinski definition) is 0. The molecule has 194 valence electrons. The van der Waals surface area contributed by atoms with Crippen molar-refractivity contribution in [3.05, 3.63) is 65.2 Å². The van der Waals surface area contributed by atoms with Crippen LogP contribution >= 0.6 is 0 Å². The van der Waals surface area contributed by atoms with Crippen molar-refractivity contribution in [3.8, 4) is 5.75 Å². The van der Waals surface area contributed by atoms with E-state index in [1.807, 2.05) is 6.92 Å². The lowest BCUT2D eigenvalue weighted by molar-refractivity contribution is -0.187. The predicted octanol–water partition coefficient (Wildman–Crippen LogP) is 6.86. The second-order valence-corrected chi connectivity index (χ2v) is 8.31. The minimum atomic E-state index is -1.09. The molecule has 0 unspecified atom stereocenters. The van der Waals surface area contributed by atoms with Crippen LogP contribution in [0.3, 0.4) is 0 Å². The molecule has 0 atom stereocenters. The van der Waals surface area contributed by atoms with Gasteiger partial charge in [0.2, 0.25) is 0 Å². The standard InChI is InChI=1S/C28H34O8/c1-3-5-7-8-12-16-24(29)22-17-18-25(34-28(32)33-19-13-6-4-2)23(20-22)27(31)36-35-26(30)21-14-10-9-11-15-21/h9-11,14-15,17-18,20H,3-8,12-13,16,19H2,1-2H3. The normalized spacial score (nSPS) is 10.4. The number of hydrogen-bond acceptors (Lipinski definition) is 8. The van der Waals surface area contributed by atoms with E-state index < -0.39 is 18.1 Å². The molecule has 0 aliphatic carbocycles. The molecule has 0 amide bonds. The molecule has 0 fully saturated rings. The zero-order valence-corrected chi connectivity index (χ0v) is 21.0. The molecule has 0 saturated heterocycles. The molecule has 0 spiro atoms. The molecule has 2 aromatic carbocycles. The predicted molar refractivity (Wildman–Crippen MR) is 133 cm³/mol. The number of ether oxygens (including phenoxy) is 2. The van der Waals surface area contributed by atoms with Gasteiger partial charge >= 0.3 is 18.1 Å². The maximum Gasteiger partial charge on any atom is 0.513 e. The maximum absolute atomic E-state index is 12.7. The number of unbranched alkanes of at least 4 members (excludes halogenated alkanes) is 6. The number of carbonyl (C=O) groups excluding carboxylic acids is 4. The highest BCUT2D eigenvalue weighted by Gasteiger charge is 2.22. The van der Waals surface area contributed by atoms with E-state index in [1.165, 1.54) is 30.3 Å². The molecule has 2 rings (SSSR count). The van der Waals surface area contributed by atoms with Crippen LogP contribution in [0.15, 0.2) is 48.5 Å². The highest BCUT2D eigenvalue weighted by molar-refractivity contribution is 6.01. The average molecular weight is 499 g/mol. The summed E-state index contributed by atoms with van der Waals surface area (Å²) in [6.07, 6.45) is 6.82. The SMILES string of the molecule is CCCCCCCC(=O)c1ccc(OC(=O)OCCCCC)c(C(=O)OOC(=O)c2ccccc2)c1. The van der Waals surface area contributed by atoms with Gasteiger partial charge in [-0.15, -0.1) is 0 Å². The van der Waals surface area contributed by atoms with Crippen molar-refractivity contribution in [2.75, 3.05) is 6.61 Å². The number of benzene rings is 2. The van der Waals surface area contributed by atoms with Gasteiger partial charge in [0, 0.05) is 12.0 Å². The Kier molecular flexibility index (Phi) is 12.8. The van der Waals surface area contributed by atoms with E-state index in [-0.39, 0.29) is 34.8 Å². The Labute approximate surface area is 211 Å². The van der Waals surface area contributed by atoms with Gasteiger partial charge in [-0.25, -0.2) is 24.2 Å². The van der Waals surface area contributed by atoms with Crippen LogP contribution in [0.25, 0.3) is 0 Å². The fraction of sp³-hybridized carbons (Fsp3) is 0.429. The fourth-order valence-corrected chi connectivity index (χ4v) is 3.36. The quantitative estimate of drug-likeness (QED) is 0.0694. The summed E-state index contributed by atoms with van der Waals surface area (Å²) in [5.74, 6) is -2.29. The van der Waals surface area contributed by atoms with Gasteiger partial charge in [-0.1, -0.05) is 70.6 Å². The van der Waals surface area contributed by atoms with Gasteiger partial charge in [0.1, 0.15) is 11.3 Å². The Bertz CT molecular complexity index is 1000. The summed E-state index contributed by atoms with van der Waals surface area (Å²) in [6.45, 7) is 4.32. The molecule has 0 aliphatic rings. The Morgan fingerprint density at radius 1 is 0.694 bits per heavy atom. The largest absolute Gasteiger partial charge is 0.513 e. The van der Waals surface area contributed by atoms with Crippen LogP contribution in [0.1, 0.15) is 103 Å². The monoisotopic (exact) mass is 498 g/mol. The third-order valence-electron chi connectivity index (χ3n) is 5.39. The van der Waals surface area contributed by atoms with Gasteiger partial charge in [-0.2, -0.15) is 0 Å². The van der Waals surface area contributed by atoms with Crippen molar-refractivity contribution in [2.24, 2.45) is 0 Å². The fourth-order valence-electron chi connectivity index (χ4n) is 3.36. The molecule has 0 N–H and O–H groups in total. The molecule has 0 bridgehead atoms. The summed E-state index contributed by atoms with van der Waals surface area (Å²) in [4.78, 5) is 59.0. The molecular formula is C28H34O8. The number of Topliss-reactive ketones (excluding diaryl/α,β-unsaturated/α-hetero) is 1. The van der Waals surface area contributed by atoms with Crippen LogP contribution in [0.4, 0.5) is 4.79 Å². The van der Waals surface area contributed by atoms with Crippen molar-refractivity contribution in [2.45, 2.75) is 71.6 Å². The molecule has 0 aliphatic heterocycles. The third-order valence-corrected chi connectivity index (χ3v) is 5.39. The van der Waals surface area contributed by atoms with Gasteiger partial charge in [-0.05, 0) is 43.2 Å². The minimum absolute atomic E-state index is 0.157. The molecule has 2 aromatic rings. The Morgan fingerprint density at radius 2 is 1.36 bits per heavy atom. The van der Waals surface area contributed by atoms with E-state index in [2.05, 4.69) is 11.8 Å². The Morgan fingerprint density at radius 3 is 2.08 bits per heavy atom. The highest BCUT2D eigenvalue weighted by Crippen LogP contribution is 2.24.